The Morgan fingerprint density at radius 2 is 1.79 bits per heavy atom. The molecule has 3 rings (SSSR count). The minimum Gasteiger partial charge on any atom is -0.383 e. The smallest absolute Gasteiger partial charge is 0.259 e. The van der Waals surface area contributed by atoms with E-state index in [-0.39, 0.29) is 24.0 Å². The average Bonchev–Trinajstić information content (AvgIpc) is 3.10. The van der Waals surface area contributed by atoms with E-state index in [4.69, 9.17) is 4.74 Å². The molecule has 0 fully saturated rings. The molecule has 2 N–H and O–H groups in total. The SMILES string of the molecule is COCCNS(=O)(=O)c1ccc(NC(=O)c2cnn(-c3ccccc3)c2C)cc1. The minimum atomic E-state index is -3.62. The molecule has 8 nitrogen and oxygen atoms in total. The molecule has 0 aliphatic heterocycles. The fraction of sp³-hybridized carbons (Fsp3) is 0.200. The van der Waals surface area contributed by atoms with Crippen molar-refractivity contribution in [1.82, 2.24) is 14.5 Å². The molecule has 0 atom stereocenters. The summed E-state index contributed by atoms with van der Waals surface area (Å²) in [5, 5.41) is 7.06. The second-order valence-electron chi connectivity index (χ2n) is 6.26. The van der Waals surface area contributed by atoms with Gasteiger partial charge < -0.3 is 10.1 Å². The molecule has 152 valence electrons. The summed E-state index contributed by atoms with van der Waals surface area (Å²) in [6, 6.07) is 15.5. The largest absolute Gasteiger partial charge is 0.383 e. The quantitative estimate of drug-likeness (QED) is 0.551. The number of methoxy groups -OCH3 is 1. The zero-order chi connectivity index (χ0) is 20.9. The number of sulfonamides is 1. The lowest BCUT2D eigenvalue weighted by atomic mass is 10.2. The summed E-state index contributed by atoms with van der Waals surface area (Å²) in [7, 11) is -2.12. The van der Waals surface area contributed by atoms with E-state index in [1.807, 2.05) is 37.3 Å². The highest BCUT2D eigenvalue weighted by Crippen LogP contribution is 2.18. The van der Waals surface area contributed by atoms with E-state index in [2.05, 4.69) is 15.1 Å². The number of rotatable bonds is 8. The Hall–Kier alpha value is -3.01. The molecular formula is C20H22N4O4S. The molecule has 0 bridgehead atoms. The lowest BCUT2D eigenvalue weighted by Crippen LogP contribution is -2.27. The van der Waals surface area contributed by atoms with Crippen LogP contribution < -0.4 is 10.0 Å². The van der Waals surface area contributed by atoms with Crippen LogP contribution in [-0.4, -0.2) is 44.4 Å². The van der Waals surface area contributed by atoms with E-state index in [0.29, 0.717) is 16.9 Å². The van der Waals surface area contributed by atoms with Crippen LogP contribution in [-0.2, 0) is 14.8 Å². The summed E-state index contributed by atoms with van der Waals surface area (Å²) in [5.41, 5.74) is 2.49. The van der Waals surface area contributed by atoms with Crippen molar-refractivity contribution in [3.8, 4) is 5.69 Å². The normalized spacial score (nSPS) is 11.4. The number of carbonyl (C=O) groups excluding carboxylic acids is 1. The average molecular weight is 414 g/mol. The Balaban J connectivity index is 1.71. The molecule has 2 aromatic carbocycles. The Kier molecular flexibility index (Phi) is 6.42. The molecule has 0 aliphatic rings. The van der Waals surface area contributed by atoms with Crippen LogP contribution in [0.3, 0.4) is 0 Å². The van der Waals surface area contributed by atoms with E-state index in [9.17, 15) is 13.2 Å². The van der Waals surface area contributed by atoms with Crippen LogP contribution in [0.25, 0.3) is 5.69 Å². The Bertz CT molecular complexity index is 1080. The lowest BCUT2D eigenvalue weighted by Gasteiger charge is -2.09. The van der Waals surface area contributed by atoms with E-state index < -0.39 is 10.0 Å². The van der Waals surface area contributed by atoms with Crippen molar-refractivity contribution in [3.63, 3.8) is 0 Å². The molecule has 0 spiro atoms. The van der Waals surface area contributed by atoms with Crippen molar-refractivity contribution in [3.05, 3.63) is 72.1 Å². The lowest BCUT2D eigenvalue weighted by molar-refractivity contribution is 0.102. The molecule has 29 heavy (non-hydrogen) atoms. The van der Waals surface area contributed by atoms with E-state index >= 15 is 0 Å². The number of hydrogen-bond acceptors (Lipinski definition) is 5. The molecule has 0 radical (unpaired) electrons. The number of ether oxygens (including phenoxy) is 1. The van der Waals surface area contributed by atoms with Crippen molar-refractivity contribution in [1.29, 1.82) is 0 Å². The van der Waals surface area contributed by atoms with Gasteiger partial charge in [-0.2, -0.15) is 5.10 Å². The van der Waals surface area contributed by atoms with Crippen LogP contribution in [0, 0.1) is 6.92 Å². The number of nitrogens with zero attached hydrogens (tertiary/aromatic N) is 2. The highest BCUT2D eigenvalue weighted by molar-refractivity contribution is 7.89. The first kappa shape index (κ1) is 20.7. The van der Waals surface area contributed by atoms with Gasteiger partial charge >= 0.3 is 0 Å². The third-order valence-electron chi connectivity index (χ3n) is 4.28. The van der Waals surface area contributed by atoms with Crippen molar-refractivity contribution >= 4 is 21.6 Å². The summed E-state index contributed by atoms with van der Waals surface area (Å²) >= 11 is 0. The Labute approximate surface area is 169 Å². The highest BCUT2D eigenvalue weighted by Gasteiger charge is 2.17. The molecule has 3 aromatic rings. The maximum atomic E-state index is 12.6. The third kappa shape index (κ3) is 4.89. The van der Waals surface area contributed by atoms with Gasteiger partial charge in [-0.1, -0.05) is 18.2 Å². The van der Waals surface area contributed by atoms with Gasteiger partial charge in [-0.15, -0.1) is 0 Å². The molecule has 0 saturated heterocycles. The van der Waals surface area contributed by atoms with Gasteiger partial charge in [0.15, 0.2) is 0 Å². The van der Waals surface area contributed by atoms with Crippen LogP contribution in [0.15, 0.2) is 65.7 Å². The number of hydrogen-bond donors (Lipinski definition) is 2. The molecule has 0 aliphatic carbocycles. The van der Waals surface area contributed by atoms with Gasteiger partial charge in [0, 0.05) is 19.3 Å². The van der Waals surface area contributed by atoms with Gasteiger partial charge in [0.25, 0.3) is 5.91 Å². The predicted octanol–water partition coefficient (Wildman–Crippen LogP) is 2.36. The molecule has 0 saturated carbocycles. The second kappa shape index (κ2) is 8.99. The van der Waals surface area contributed by atoms with Gasteiger partial charge in [-0.05, 0) is 43.3 Å². The van der Waals surface area contributed by atoms with Crippen molar-refractivity contribution < 1.29 is 17.9 Å². The number of amides is 1. The van der Waals surface area contributed by atoms with E-state index in [0.717, 1.165) is 5.69 Å². The monoisotopic (exact) mass is 414 g/mol. The first-order chi connectivity index (χ1) is 13.9. The zero-order valence-electron chi connectivity index (χ0n) is 16.1. The summed E-state index contributed by atoms with van der Waals surface area (Å²) in [6.45, 7) is 2.28. The van der Waals surface area contributed by atoms with E-state index in [1.54, 1.807) is 16.8 Å². The van der Waals surface area contributed by atoms with Crippen LogP contribution in [0.1, 0.15) is 16.1 Å². The van der Waals surface area contributed by atoms with Crippen LogP contribution in [0.4, 0.5) is 5.69 Å². The topological polar surface area (TPSA) is 102 Å². The Morgan fingerprint density at radius 1 is 1.10 bits per heavy atom. The van der Waals surface area contributed by atoms with Crippen molar-refractivity contribution in [2.75, 3.05) is 25.6 Å². The number of carbonyl (C=O) groups is 1. The molecule has 1 heterocycles. The van der Waals surface area contributed by atoms with Crippen molar-refractivity contribution in [2.45, 2.75) is 11.8 Å². The maximum Gasteiger partial charge on any atom is 0.259 e. The van der Waals surface area contributed by atoms with Crippen LogP contribution in [0.5, 0.6) is 0 Å². The summed E-state index contributed by atoms with van der Waals surface area (Å²) in [4.78, 5) is 12.7. The molecule has 1 amide bonds. The van der Waals surface area contributed by atoms with Crippen LogP contribution >= 0.6 is 0 Å². The number of para-hydroxylation sites is 1. The summed E-state index contributed by atoms with van der Waals surface area (Å²) in [6.07, 6.45) is 1.51. The van der Waals surface area contributed by atoms with E-state index in [1.165, 1.54) is 25.4 Å². The van der Waals surface area contributed by atoms with Gasteiger partial charge in [-0.25, -0.2) is 17.8 Å². The predicted molar refractivity (Wildman–Crippen MR) is 110 cm³/mol. The molecule has 9 heteroatoms. The number of anilines is 1. The first-order valence-electron chi connectivity index (χ1n) is 8.92. The second-order valence-corrected chi connectivity index (χ2v) is 8.03. The molecule has 0 unspecified atom stereocenters. The van der Waals surface area contributed by atoms with Crippen molar-refractivity contribution in [2.24, 2.45) is 0 Å². The number of benzene rings is 2. The maximum absolute atomic E-state index is 12.6. The van der Waals surface area contributed by atoms with Crippen LogP contribution in [0.2, 0.25) is 0 Å². The fourth-order valence-corrected chi connectivity index (χ4v) is 3.75. The number of aromatic nitrogens is 2. The Morgan fingerprint density at radius 3 is 2.45 bits per heavy atom. The molecular weight excluding hydrogens is 392 g/mol. The minimum absolute atomic E-state index is 0.111. The van der Waals surface area contributed by atoms with Gasteiger partial charge in [0.2, 0.25) is 10.0 Å². The highest BCUT2D eigenvalue weighted by atomic mass is 32.2. The third-order valence-corrected chi connectivity index (χ3v) is 5.75. The summed E-state index contributed by atoms with van der Waals surface area (Å²) in [5.74, 6) is -0.321. The first-order valence-corrected chi connectivity index (χ1v) is 10.4. The fourth-order valence-electron chi connectivity index (χ4n) is 2.74. The van der Waals surface area contributed by atoms with Gasteiger partial charge in [0.1, 0.15) is 0 Å². The zero-order valence-corrected chi connectivity index (χ0v) is 16.9. The molecule has 1 aromatic heterocycles. The number of nitrogens with one attached hydrogen (secondary N) is 2. The van der Waals surface area contributed by atoms with Gasteiger partial charge in [-0.3, -0.25) is 4.79 Å². The van der Waals surface area contributed by atoms with Gasteiger partial charge in [0.05, 0.1) is 34.6 Å². The standard InChI is InChI=1S/C20H22N4O4S/c1-15-19(14-21-24(15)17-6-4-3-5-7-17)20(25)23-16-8-10-18(11-9-16)29(26,27)22-12-13-28-2/h3-11,14,22H,12-13H2,1-2H3,(H,23,25). The summed E-state index contributed by atoms with van der Waals surface area (Å²) < 4.78 is 33.3.